The van der Waals surface area contributed by atoms with E-state index in [9.17, 15) is 13.2 Å². The molecule has 3 aromatic rings. The van der Waals surface area contributed by atoms with E-state index in [2.05, 4.69) is 18.7 Å². The van der Waals surface area contributed by atoms with E-state index in [1.54, 1.807) is 54.5 Å². The molecule has 0 bridgehead atoms. The van der Waals surface area contributed by atoms with Crippen molar-refractivity contribution in [2.45, 2.75) is 24.7 Å². The number of carbonyl (C=O) groups excluding carboxylic acids is 1. The summed E-state index contributed by atoms with van der Waals surface area (Å²) in [7, 11) is -2.28. The number of hydrogen-bond donors (Lipinski definition) is 0. The number of methoxy groups -OCH3 is 1. The van der Waals surface area contributed by atoms with Crippen LogP contribution in [0.4, 0.5) is 11.4 Å². The molecule has 3 aromatic carbocycles. The molecule has 0 atom stereocenters. The topological polar surface area (TPSA) is 70.2 Å². The number of sulfonamides is 1. The van der Waals surface area contributed by atoms with Gasteiger partial charge in [0.25, 0.3) is 10.0 Å². The highest BCUT2D eigenvalue weighted by Gasteiger charge is 2.30. The van der Waals surface area contributed by atoms with Gasteiger partial charge in [-0.05, 0) is 60.0 Å². The summed E-state index contributed by atoms with van der Waals surface area (Å²) in [5.41, 5.74) is 2.66. The van der Waals surface area contributed by atoms with E-state index in [4.69, 9.17) is 4.74 Å². The Morgan fingerprint density at radius 1 is 0.889 bits per heavy atom. The molecule has 1 aliphatic rings. The minimum absolute atomic E-state index is 0.162. The van der Waals surface area contributed by atoms with Crippen LogP contribution in [-0.2, 0) is 14.8 Å². The minimum atomic E-state index is -3.92. The summed E-state index contributed by atoms with van der Waals surface area (Å²) in [5.74, 6) is 0.910. The lowest BCUT2D eigenvalue weighted by molar-refractivity contribution is -0.129. The fraction of sp³-hybridized carbons (Fsp3) is 0.321. The molecular formula is C28H33N3O4S. The van der Waals surface area contributed by atoms with Gasteiger partial charge in [-0.2, -0.15) is 0 Å². The van der Waals surface area contributed by atoms with Gasteiger partial charge in [0.05, 0.1) is 17.7 Å². The van der Waals surface area contributed by atoms with Crippen LogP contribution < -0.4 is 13.9 Å². The van der Waals surface area contributed by atoms with Gasteiger partial charge in [0, 0.05) is 31.9 Å². The second kappa shape index (κ2) is 11.0. The average Bonchev–Trinajstić information content (AvgIpc) is 2.92. The standard InChI is InChI=1S/C28H33N3O4S/c1-22(2)23-9-11-25(12-10-23)31(36(33,34)27-7-5-4-6-8-27)21-28(32)30-19-17-29(18-20-30)24-13-15-26(35-3)16-14-24/h4-16,22H,17-21H2,1-3H3. The molecule has 1 saturated heterocycles. The Hall–Kier alpha value is -3.52. The maximum Gasteiger partial charge on any atom is 0.264 e. The van der Waals surface area contributed by atoms with Crippen molar-refractivity contribution >= 4 is 27.3 Å². The SMILES string of the molecule is COc1ccc(N2CCN(C(=O)CN(c3ccc(C(C)C)cc3)S(=O)(=O)c3ccccc3)CC2)cc1. The van der Waals surface area contributed by atoms with Crippen molar-refractivity contribution in [2.24, 2.45) is 0 Å². The number of rotatable bonds is 8. The van der Waals surface area contributed by atoms with Gasteiger partial charge in [0.15, 0.2) is 0 Å². The van der Waals surface area contributed by atoms with Gasteiger partial charge in [-0.15, -0.1) is 0 Å². The van der Waals surface area contributed by atoms with Crippen LogP contribution in [0.15, 0.2) is 83.8 Å². The molecule has 4 rings (SSSR count). The molecule has 0 unspecified atom stereocenters. The van der Waals surface area contributed by atoms with Gasteiger partial charge >= 0.3 is 0 Å². The van der Waals surface area contributed by atoms with Gasteiger partial charge in [0.1, 0.15) is 12.3 Å². The number of amides is 1. The van der Waals surface area contributed by atoms with Crippen LogP contribution in [-0.4, -0.2) is 59.1 Å². The number of nitrogens with zero attached hydrogens (tertiary/aromatic N) is 3. The summed E-state index contributed by atoms with van der Waals surface area (Å²) in [6.07, 6.45) is 0. The second-order valence-corrected chi connectivity index (χ2v) is 11.0. The highest BCUT2D eigenvalue weighted by molar-refractivity contribution is 7.92. The van der Waals surface area contributed by atoms with E-state index < -0.39 is 10.0 Å². The zero-order chi connectivity index (χ0) is 25.7. The monoisotopic (exact) mass is 507 g/mol. The third kappa shape index (κ3) is 5.65. The molecule has 8 heteroatoms. The molecule has 0 radical (unpaired) electrons. The maximum absolute atomic E-state index is 13.6. The van der Waals surface area contributed by atoms with Crippen LogP contribution in [0.1, 0.15) is 25.3 Å². The Morgan fingerprint density at radius 2 is 1.50 bits per heavy atom. The third-order valence-electron chi connectivity index (χ3n) is 6.53. The first-order valence-corrected chi connectivity index (χ1v) is 13.6. The largest absolute Gasteiger partial charge is 0.497 e. The zero-order valence-electron chi connectivity index (χ0n) is 21.0. The van der Waals surface area contributed by atoms with E-state index in [1.165, 1.54) is 4.31 Å². The van der Waals surface area contributed by atoms with Gasteiger partial charge < -0.3 is 14.5 Å². The fourth-order valence-corrected chi connectivity index (χ4v) is 5.73. The summed E-state index contributed by atoms with van der Waals surface area (Å²) in [5, 5.41) is 0. The molecule has 1 aliphatic heterocycles. The number of hydrogen-bond acceptors (Lipinski definition) is 5. The Labute approximate surface area is 214 Å². The van der Waals surface area contributed by atoms with Crippen LogP contribution in [0.5, 0.6) is 5.75 Å². The van der Waals surface area contributed by atoms with Crippen LogP contribution in [0.25, 0.3) is 0 Å². The van der Waals surface area contributed by atoms with Crippen molar-refractivity contribution in [3.05, 3.63) is 84.4 Å². The molecule has 0 saturated carbocycles. The molecule has 190 valence electrons. The van der Waals surface area contributed by atoms with Crippen molar-refractivity contribution in [1.29, 1.82) is 0 Å². The summed E-state index contributed by atoms with van der Waals surface area (Å²) in [6.45, 7) is 6.32. The van der Waals surface area contributed by atoms with Crippen molar-refractivity contribution < 1.29 is 17.9 Å². The van der Waals surface area contributed by atoms with E-state index in [1.807, 2.05) is 36.4 Å². The molecule has 1 heterocycles. The van der Waals surface area contributed by atoms with Crippen molar-refractivity contribution in [2.75, 3.05) is 49.0 Å². The minimum Gasteiger partial charge on any atom is -0.497 e. The Kier molecular flexibility index (Phi) is 7.84. The van der Waals surface area contributed by atoms with E-state index in [0.717, 1.165) is 17.0 Å². The summed E-state index contributed by atoms with van der Waals surface area (Å²) in [6, 6.07) is 23.5. The Balaban J connectivity index is 1.51. The lowest BCUT2D eigenvalue weighted by atomic mass is 10.0. The molecule has 36 heavy (non-hydrogen) atoms. The molecule has 1 amide bonds. The number of piperazine rings is 1. The molecule has 7 nitrogen and oxygen atoms in total. The normalized spacial score (nSPS) is 14.1. The lowest BCUT2D eigenvalue weighted by Crippen LogP contribution is -2.52. The maximum atomic E-state index is 13.6. The number of benzene rings is 3. The van der Waals surface area contributed by atoms with Crippen LogP contribution in [0.2, 0.25) is 0 Å². The average molecular weight is 508 g/mol. The zero-order valence-corrected chi connectivity index (χ0v) is 21.8. The van der Waals surface area contributed by atoms with Crippen molar-refractivity contribution in [3.8, 4) is 5.75 Å². The highest BCUT2D eigenvalue weighted by atomic mass is 32.2. The summed E-state index contributed by atoms with van der Waals surface area (Å²) >= 11 is 0. The molecule has 0 aliphatic carbocycles. The van der Waals surface area contributed by atoms with Crippen molar-refractivity contribution in [1.82, 2.24) is 4.90 Å². The van der Waals surface area contributed by atoms with Gasteiger partial charge in [-0.3, -0.25) is 9.10 Å². The predicted molar refractivity (Wildman–Crippen MR) is 143 cm³/mol. The molecule has 1 fully saturated rings. The van der Waals surface area contributed by atoms with Gasteiger partial charge in [0.2, 0.25) is 5.91 Å². The summed E-state index contributed by atoms with van der Waals surface area (Å²) < 4.78 is 33.6. The molecular weight excluding hydrogens is 474 g/mol. The van der Waals surface area contributed by atoms with Crippen LogP contribution in [0, 0.1) is 0 Å². The smallest absolute Gasteiger partial charge is 0.264 e. The number of ether oxygens (including phenoxy) is 1. The first-order chi connectivity index (χ1) is 17.3. The second-order valence-electron chi connectivity index (χ2n) is 9.14. The van der Waals surface area contributed by atoms with Gasteiger partial charge in [-0.25, -0.2) is 8.42 Å². The van der Waals surface area contributed by atoms with Crippen LogP contribution >= 0.6 is 0 Å². The van der Waals surface area contributed by atoms with E-state index in [0.29, 0.717) is 37.8 Å². The van der Waals surface area contributed by atoms with Gasteiger partial charge in [-0.1, -0.05) is 44.2 Å². The quantitative estimate of drug-likeness (QED) is 0.453. The lowest BCUT2D eigenvalue weighted by Gasteiger charge is -2.37. The Bertz CT molecular complexity index is 1250. The molecule has 0 spiro atoms. The fourth-order valence-electron chi connectivity index (χ4n) is 4.29. The van der Waals surface area contributed by atoms with Crippen LogP contribution in [0.3, 0.4) is 0 Å². The summed E-state index contributed by atoms with van der Waals surface area (Å²) in [4.78, 5) is 17.5. The van der Waals surface area contributed by atoms with E-state index >= 15 is 0 Å². The van der Waals surface area contributed by atoms with E-state index in [-0.39, 0.29) is 17.3 Å². The van der Waals surface area contributed by atoms with Crippen molar-refractivity contribution in [3.63, 3.8) is 0 Å². The first-order valence-electron chi connectivity index (χ1n) is 12.1. The highest BCUT2D eigenvalue weighted by Crippen LogP contribution is 2.26. The Morgan fingerprint density at radius 3 is 2.06 bits per heavy atom. The predicted octanol–water partition coefficient (Wildman–Crippen LogP) is 4.36. The third-order valence-corrected chi connectivity index (χ3v) is 8.32. The number of anilines is 2. The molecule has 0 aromatic heterocycles. The number of carbonyl (C=O) groups is 1. The molecule has 0 N–H and O–H groups in total. The first kappa shape index (κ1) is 25.6.